The molecule has 0 saturated heterocycles. The quantitative estimate of drug-likeness (QED) is 0.554. The van der Waals surface area contributed by atoms with Crippen molar-refractivity contribution in [1.82, 2.24) is 10.6 Å². The van der Waals surface area contributed by atoms with Crippen LogP contribution in [0.1, 0.15) is 23.5 Å². The number of aliphatic carboxylic acids is 1. The van der Waals surface area contributed by atoms with E-state index < -0.39 is 18.1 Å². The van der Waals surface area contributed by atoms with Gasteiger partial charge in [-0.3, -0.25) is 4.79 Å². The maximum Gasteiger partial charge on any atom is 0.407 e. The number of rotatable bonds is 9. The molecule has 1 fully saturated rings. The fraction of sp³-hybridized carbons (Fsp3) is 0.375. The highest BCUT2D eigenvalue weighted by Gasteiger charge is 2.44. The van der Waals surface area contributed by atoms with Crippen molar-refractivity contribution in [2.45, 2.75) is 18.4 Å². The lowest BCUT2D eigenvalue weighted by Gasteiger charge is -2.15. The van der Waals surface area contributed by atoms with Crippen LogP contribution in [0.4, 0.5) is 4.79 Å². The van der Waals surface area contributed by atoms with Gasteiger partial charge >= 0.3 is 12.1 Å². The van der Waals surface area contributed by atoms with Crippen molar-refractivity contribution in [3.05, 3.63) is 59.7 Å². The minimum absolute atomic E-state index is 0.0127. The number of methoxy groups -OCH3 is 1. The van der Waals surface area contributed by atoms with Gasteiger partial charge in [-0.15, -0.1) is 0 Å². The van der Waals surface area contributed by atoms with Crippen LogP contribution in [0.3, 0.4) is 0 Å². The fourth-order valence-electron chi connectivity index (χ4n) is 4.28. The summed E-state index contributed by atoms with van der Waals surface area (Å²) >= 11 is 0. The van der Waals surface area contributed by atoms with Crippen LogP contribution in [0, 0.1) is 11.8 Å². The SMILES string of the molecule is COC[C@H](NC(=O)[C@H]1C[C@H]1CNC(=O)OCC1c2ccccc2-c2ccccc21)C(=O)O. The van der Waals surface area contributed by atoms with E-state index in [9.17, 15) is 14.4 Å². The number of fused-ring (bicyclic) bond motifs is 3. The molecule has 0 radical (unpaired) electrons. The molecule has 0 aromatic heterocycles. The maximum atomic E-state index is 12.3. The first-order chi connectivity index (χ1) is 15.5. The Morgan fingerprint density at radius 2 is 1.69 bits per heavy atom. The largest absolute Gasteiger partial charge is 0.480 e. The summed E-state index contributed by atoms with van der Waals surface area (Å²) in [7, 11) is 1.38. The third kappa shape index (κ3) is 4.60. The second-order valence-corrected chi connectivity index (χ2v) is 8.16. The topological polar surface area (TPSA) is 114 Å². The molecule has 4 rings (SSSR count). The van der Waals surface area contributed by atoms with E-state index in [2.05, 4.69) is 34.9 Å². The van der Waals surface area contributed by atoms with Gasteiger partial charge < -0.3 is 25.2 Å². The van der Waals surface area contributed by atoms with Crippen molar-refractivity contribution in [3.8, 4) is 11.1 Å². The molecule has 0 spiro atoms. The first-order valence-corrected chi connectivity index (χ1v) is 10.6. The first-order valence-electron chi connectivity index (χ1n) is 10.6. The lowest BCUT2D eigenvalue weighted by Crippen LogP contribution is -2.44. The Morgan fingerprint density at radius 1 is 1.06 bits per heavy atom. The minimum atomic E-state index is -1.14. The molecule has 3 atom stereocenters. The molecule has 168 valence electrons. The number of nitrogens with one attached hydrogen (secondary N) is 2. The average Bonchev–Trinajstić information content (AvgIpc) is 3.51. The number of carboxylic acids is 1. The van der Waals surface area contributed by atoms with E-state index in [1.165, 1.54) is 7.11 Å². The predicted octanol–water partition coefficient (Wildman–Crippen LogP) is 2.38. The Bertz CT molecular complexity index is 978. The predicted molar refractivity (Wildman–Crippen MR) is 116 cm³/mol. The molecule has 0 bridgehead atoms. The van der Waals surface area contributed by atoms with Crippen LogP contribution >= 0.6 is 0 Å². The van der Waals surface area contributed by atoms with Crippen molar-refractivity contribution in [2.24, 2.45) is 11.8 Å². The molecule has 2 amide bonds. The van der Waals surface area contributed by atoms with Gasteiger partial charge in [-0.2, -0.15) is 0 Å². The van der Waals surface area contributed by atoms with Crippen LogP contribution < -0.4 is 10.6 Å². The molecule has 0 heterocycles. The van der Waals surface area contributed by atoms with Crippen molar-refractivity contribution >= 4 is 18.0 Å². The van der Waals surface area contributed by atoms with E-state index in [1.807, 2.05) is 24.3 Å². The number of carbonyl (C=O) groups is 3. The van der Waals surface area contributed by atoms with Crippen molar-refractivity contribution in [3.63, 3.8) is 0 Å². The maximum absolute atomic E-state index is 12.3. The van der Waals surface area contributed by atoms with Crippen molar-refractivity contribution in [2.75, 3.05) is 26.9 Å². The number of carbonyl (C=O) groups excluding carboxylic acids is 2. The summed E-state index contributed by atoms with van der Waals surface area (Å²) in [5, 5.41) is 14.3. The lowest BCUT2D eigenvalue weighted by atomic mass is 9.98. The number of carboxylic acid groups (broad SMARTS) is 1. The molecule has 1 saturated carbocycles. The molecule has 0 aliphatic heterocycles. The minimum Gasteiger partial charge on any atom is -0.480 e. The molecule has 2 aliphatic carbocycles. The summed E-state index contributed by atoms with van der Waals surface area (Å²) < 4.78 is 10.3. The normalized spacial score (nSPS) is 19.4. The molecule has 2 aromatic carbocycles. The molecule has 3 N–H and O–H groups in total. The first kappa shape index (κ1) is 21.8. The van der Waals surface area contributed by atoms with Crippen LogP contribution in [0.5, 0.6) is 0 Å². The fourth-order valence-corrected chi connectivity index (χ4v) is 4.28. The summed E-state index contributed by atoms with van der Waals surface area (Å²) in [5.41, 5.74) is 4.61. The molecule has 2 aliphatic rings. The number of ether oxygens (including phenoxy) is 2. The molecule has 2 aromatic rings. The number of benzene rings is 2. The molecule has 8 nitrogen and oxygen atoms in total. The third-order valence-corrected chi connectivity index (χ3v) is 6.06. The van der Waals surface area contributed by atoms with E-state index in [1.54, 1.807) is 0 Å². The zero-order valence-electron chi connectivity index (χ0n) is 17.7. The summed E-state index contributed by atoms with van der Waals surface area (Å²) in [6, 6.07) is 15.2. The molecular weight excluding hydrogens is 412 g/mol. The van der Waals surface area contributed by atoms with Gasteiger partial charge in [0.15, 0.2) is 6.04 Å². The van der Waals surface area contributed by atoms with Crippen molar-refractivity contribution in [1.29, 1.82) is 0 Å². The van der Waals surface area contributed by atoms with E-state index >= 15 is 0 Å². The van der Waals surface area contributed by atoms with Gasteiger partial charge in [0.2, 0.25) is 5.91 Å². The van der Waals surface area contributed by atoms with E-state index in [-0.39, 0.29) is 36.9 Å². The second kappa shape index (κ2) is 9.40. The van der Waals surface area contributed by atoms with E-state index in [0.29, 0.717) is 13.0 Å². The van der Waals surface area contributed by atoms with Crippen LogP contribution in [0.2, 0.25) is 0 Å². The average molecular weight is 438 g/mol. The van der Waals surface area contributed by atoms with Gasteiger partial charge in [-0.25, -0.2) is 9.59 Å². The van der Waals surface area contributed by atoms with E-state index in [0.717, 1.165) is 22.3 Å². The lowest BCUT2D eigenvalue weighted by molar-refractivity contribution is -0.143. The highest BCUT2D eigenvalue weighted by molar-refractivity contribution is 5.87. The highest BCUT2D eigenvalue weighted by atomic mass is 16.5. The zero-order valence-corrected chi connectivity index (χ0v) is 17.7. The summed E-state index contributed by atoms with van der Waals surface area (Å²) in [6.45, 7) is 0.430. The summed E-state index contributed by atoms with van der Waals surface area (Å²) in [4.78, 5) is 35.6. The van der Waals surface area contributed by atoms with Gasteiger partial charge in [0.05, 0.1) is 6.61 Å². The van der Waals surface area contributed by atoms with Gasteiger partial charge in [0.25, 0.3) is 0 Å². The number of alkyl carbamates (subject to hydrolysis) is 1. The smallest absolute Gasteiger partial charge is 0.407 e. The third-order valence-electron chi connectivity index (χ3n) is 6.06. The standard InChI is InChI=1S/C24H26N2O6/c1-31-13-21(23(28)29)26-22(27)19-10-14(19)11-25-24(30)32-12-20-17-8-4-2-6-15(17)16-7-3-5-9-18(16)20/h2-9,14,19-21H,10-13H2,1H3,(H,25,30)(H,26,27)(H,28,29)/t14-,19-,21-/m0/s1. The molecular formula is C24H26N2O6. The van der Waals surface area contributed by atoms with Crippen LogP contribution in [0.15, 0.2) is 48.5 Å². The van der Waals surface area contributed by atoms with Crippen molar-refractivity contribution < 1.29 is 29.0 Å². The van der Waals surface area contributed by atoms with Gasteiger partial charge in [0.1, 0.15) is 6.61 Å². The summed E-state index contributed by atoms with van der Waals surface area (Å²) in [5.74, 6) is -1.85. The van der Waals surface area contributed by atoms with E-state index in [4.69, 9.17) is 14.6 Å². The molecule has 8 heteroatoms. The number of hydrogen-bond acceptors (Lipinski definition) is 5. The zero-order chi connectivity index (χ0) is 22.7. The Kier molecular flexibility index (Phi) is 6.41. The highest BCUT2D eigenvalue weighted by Crippen LogP contribution is 2.44. The Morgan fingerprint density at radius 3 is 2.28 bits per heavy atom. The van der Waals surface area contributed by atoms with Gasteiger partial charge in [-0.05, 0) is 34.6 Å². The molecule has 0 unspecified atom stereocenters. The monoisotopic (exact) mass is 438 g/mol. The Labute approximate surface area is 185 Å². The Hall–Kier alpha value is -3.39. The van der Waals surface area contributed by atoms with Gasteiger partial charge in [-0.1, -0.05) is 48.5 Å². The number of hydrogen-bond donors (Lipinski definition) is 3. The van der Waals surface area contributed by atoms with Gasteiger partial charge in [0, 0.05) is 25.5 Å². The molecule has 32 heavy (non-hydrogen) atoms. The summed E-state index contributed by atoms with van der Waals surface area (Å²) in [6.07, 6.45) is 0.0650. The van der Waals surface area contributed by atoms with Crippen LogP contribution in [-0.4, -0.2) is 56.0 Å². The Balaban J connectivity index is 1.25. The van der Waals surface area contributed by atoms with Crippen LogP contribution in [0.25, 0.3) is 11.1 Å². The number of amides is 2. The van der Waals surface area contributed by atoms with Crippen LogP contribution in [-0.2, 0) is 19.1 Å². The second-order valence-electron chi connectivity index (χ2n) is 8.16.